The molecule has 2 aromatic carbocycles. The molecule has 1 atom stereocenters. The summed E-state index contributed by atoms with van der Waals surface area (Å²) in [4.78, 5) is 11.6. The fourth-order valence-corrected chi connectivity index (χ4v) is 4.68. The molecule has 0 saturated heterocycles. The highest BCUT2D eigenvalue weighted by Gasteiger charge is 2.27. The molecule has 174 valence electrons. The second-order valence-electron chi connectivity index (χ2n) is 8.52. The maximum atomic E-state index is 13.3. The van der Waals surface area contributed by atoms with Crippen LogP contribution in [0, 0.1) is 20.8 Å². The summed E-state index contributed by atoms with van der Waals surface area (Å²) in [5.41, 5.74) is 7.23. The molecule has 0 unspecified atom stereocenters. The van der Waals surface area contributed by atoms with Gasteiger partial charge in [0.1, 0.15) is 5.75 Å². The number of hydrogen-bond donors (Lipinski definition) is 0. The summed E-state index contributed by atoms with van der Waals surface area (Å²) in [5.74, 6) is 0.624. The minimum absolute atomic E-state index is 0.0288. The molecule has 0 radical (unpaired) electrons. The zero-order valence-corrected chi connectivity index (χ0v) is 19.3. The van der Waals surface area contributed by atoms with E-state index in [0.717, 1.165) is 51.1 Å². The molecule has 0 amide bonds. The smallest absolute Gasteiger partial charge is 0.333 e. The molecule has 2 heterocycles. The van der Waals surface area contributed by atoms with Crippen LogP contribution in [-0.2, 0) is 22.4 Å². The van der Waals surface area contributed by atoms with E-state index in [1.807, 2.05) is 31.2 Å². The summed E-state index contributed by atoms with van der Waals surface area (Å²) in [6, 6.07) is 12.2. The van der Waals surface area contributed by atoms with Crippen molar-refractivity contribution < 1.29 is 23.0 Å². The number of benzene rings is 2. The van der Waals surface area contributed by atoms with E-state index in [1.54, 1.807) is 13.8 Å². The molecule has 1 aromatic heterocycles. The van der Waals surface area contributed by atoms with E-state index >= 15 is 0 Å². The third kappa shape index (κ3) is 4.49. The van der Waals surface area contributed by atoms with Crippen molar-refractivity contribution in [2.24, 2.45) is 0 Å². The average Bonchev–Trinajstić information content (AvgIpc) is 3.32. The van der Waals surface area contributed by atoms with Gasteiger partial charge in [-0.05, 0) is 61.9 Å². The van der Waals surface area contributed by atoms with Gasteiger partial charge in [-0.15, -0.1) is 0 Å². The topological polar surface area (TPSA) is 53.4 Å². The SMILES string of the molecule is COC(=O)C[C@@H]1COc2cc(CCc3cccc(-c4c(C)nn(C(F)F)c4C)c3C)ccc21. The molecule has 1 aliphatic rings. The highest BCUT2D eigenvalue weighted by molar-refractivity contribution is 5.73. The van der Waals surface area contributed by atoms with E-state index in [2.05, 4.69) is 17.2 Å². The van der Waals surface area contributed by atoms with Crippen molar-refractivity contribution in [2.75, 3.05) is 13.7 Å². The van der Waals surface area contributed by atoms with Crippen molar-refractivity contribution in [2.45, 2.75) is 52.5 Å². The van der Waals surface area contributed by atoms with Crippen LogP contribution < -0.4 is 4.74 Å². The second kappa shape index (κ2) is 9.33. The Bertz CT molecular complexity index is 1190. The van der Waals surface area contributed by atoms with Gasteiger partial charge in [-0.25, -0.2) is 4.68 Å². The summed E-state index contributed by atoms with van der Waals surface area (Å²) >= 11 is 0. The van der Waals surface area contributed by atoms with Crippen molar-refractivity contribution in [1.82, 2.24) is 9.78 Å². The van der Waals surface area contributed by atoms with Crippen molar-refractivity contribution in [3.05, 3.63) is 70.0 Å². The average molecular weight is 455 g/mol. The molecule has 0 saturated carbocycles. The summed E-state index contributed by atoms with van der Waals surface area (Å²) < 4.78 is 38.0. The lowest BCUT2D eigenvalue weighted by molar-refractivity contribution is -0.141. The van der Waals surface area contributed by atoms with Crippen molar-refractivity contribution in [3.8, 4) is 16.9 Å². The monoisotopic (exact) mass is 454 g/mol. The molecule has 3 aromatic rings. The normalized spacial score (nSPS) is 14.9. The van der Waals surface area contributed by atoms with E-state index in [-0.39, 0.29) is 11.9 Å². The third-order valence-electron chi connectivity index (χ3n) is 6.51. The number of halogens is 2. The van der Waals surface area contributed by atoms with Gasteiger partial charge in [0, 0.05) is 22.7 Å². The molecule has 7 heteroatoms. The molecule has 0 N–H and O–H groups in total. The third-order valence-corrected chi connectivity index (χ3v) is 6.51. The fraction of sp³-hybridized carbons (Fsp3) is 0.385. The Morgan fingerprint density at radius 2 is 2.00 bits per heavy atom. The van der Waals surface area contributed by atoms with Crippen LogP contribution in [0.4, 0.5) is 8.78 Å². The number of aryl methyl sites for hydroxylation is 3. The molecular formula is C26H28F2N2O3. The van der Waals surface area contributed by atoms with Crippen LogP contribution in [-0.4, -0.2) is 29.5 Å². The summed E-state index contributed by atoms with van der Waals surface area (Å²) in [6.45, 7) is 3.32. The van der Waals surface area contributed by atoms with Crippen LogP contribution in [0.3, 0.4) is 0 Å². The first-order valence-electron chi connectivity index (χ1n) is 11.0. The van der Waals surface area contributed by atoms with E-state index < -0.39 is 6.55 Å². The Balaban J connectivity index is 1.52. The van der Waals surface area contributed by atoms with Gasteiger partial charge in [0.25, 0.3) is 0 Å². The second-order valence-corrected chi connectivity index (χ2v) is 8.52. The fourth-order valence-electron chi connectivity index (χ4n) is 4.68. The maximum Gasteiger partial charge on any atom is 0.333 e. The van der Waals surface area contributed by atoms with Gasteiger partial charge < -0.3 is 9.47 Å². The van der Waals surface area contributed by atoms with Gasteiger partial charge in [-0.1, -0.05) is 30.3 Å². The number of esters is 1. The lowest BCUT2D eigenvalue weighted by Gasteiger charge is -2.13. The predicted molar refractivity (Wildman–Crippen MR) is 122 cm³/mol. The molecular weight excluding hydrogens is 426 g/mol. The Hall–Kier alpha value is -3.22. The molecule has 0 fully saturated rings. The van der Waals surface area contributed by atoms with E-state index in [0.29, 0.717) is 24.4 Å². The minimum atomic E-state index is -2.66. The van der Waals surface area contributed by atoms with Gasteiger partial charge >= 0.3 is 12.5 Å². The number of hydrogen-bond acceptors (Lipinski definition) is 4. The van der Waals surface area contributed by atoms with Crippen LogP contribution in [0.1, 0.15) is 52.5 Å². The predicted octanol–water partition coefficient (Wildman–Crippen LogP) is 5.69. The number of ether oxygens (including phenoxy) is 2. The van der Waals surface area contributed by atoms with Crippen LogP contribution >= 0.6 is 0 Å². The van der Waals surface area contributed by atoms with Crippen molar-refractivity contribution in [1.29, 1.82) is 0 Å². The maximum absolute atomic E-state index is 13.3. The number of fused-ring (bicyclic) bond motifs is 1. The Kier molecular flexibility index (Phi) is 6.49. The van der Waals surface area contributed by atoms with Crippen LogP contribution in [0.5, 0.6) is 5.75 Å². The number of alkyl halides is 2. The molecule has 33 heavy (non-hydrogen) atoms. The zero-order valence-electron chi connectivity index (χ0n) is 19.3. The van der Waals surface area contributed by atoms with Crippen molar-refractivity contribution >= 4 is 5.97 Å². The van der Waals surface area contributed by atoms with Gasteiger partial charge in [-0.3, -0.25) is 4.79 Å². The number of carbonyl (C=O) groups excluding carboxylic acids is 1. The van der Waals surface area contributed by atoms with Gasteiger partial charge in [0.15, 0.2) is 0 Å². The molecule has 0 spiro atoms. The molecule has 1 aliphatic heterocycles. The van der Waals surface area contributed by atoms with Crippen LogP contribution in [0.25, 0.3) is 11.1 Å². The number of nitrogens with zero attached hydrogens (tertiary/aromatic N) is 2. The summed E-state index contributed by atoms with van der Waals surface area (Å²) in [5, 5.41) is 4.04. The standard InChI is InChI=1S/C26H28F2N2O3/c1-15-19(6-5-7-21(15)25-16(2)29-30(17(25)3)26(27)28)10-8-18-9-11-22-20(13-24(31)32-4)14-33-23(22)12-18/h5-7,9,11-12,20,26H,8,10,13-14H2,1-4H3/t20-/m1/s1. The number of aromatic nitrogens is 2. The molecule has 0 bridgehead atoms. The Morgan fingerprint density at radius 3 is 2.70 bits per heavy atom. The van der Waals surface area contributed by atoms with E-state index in [9.17, 15) is 13.6 Å². The largest absolute Gasteiger partial charge is 0.493 e. The Morgan fingerprint density at radius 1 is 1.21 bits per heavy atom. The van der Waals surface area contributed by atoms with Gasteiger partial charge in [0.2, 0.25) is 0 Å². The Labute approximate surface area is 192 Å². The zero-order chi connectivity index (χ0) is 23.7. The molecule has 4 rings (SSSR count). The van der Waals surface area contributed by atoms with Crippen molar-refractivity contribution in [3.63, 3.8) is 0 Å². The van der Waals surface area contributed by atoms with Gasteiger partial charge in [-0.2, -0.15) is 13.9 Å². The molecule has 5 nitrogen and oxygen atoms in total. The van der Waals surface area contributed by atoms with E-state index in [1.165, 1.54) is 12.7 Å². The van der Waals surface area contributed by atoms with Crippen LogP contribution in [0.15, 0.2) is 36.4 Å². The van der Waals surface area contributed by atoms with E-state index in [4.69, 9.17) is 9.47 Å². The lowest BCUT2D eigenvalue weighted by atomic mass is 9.91. The first kappa shape index (κ1) is 23.0. The van der Waals surface area contributed by atoms with Gasteiger partial charge in [0.05, 0.1) is 25.8 Å². The lowest BCUT2D eigenvalue weighted by Crippen LogP contribution is -2.09. The number of rotatable bonds is 7. The summed E-state index contributed by atoms with van der Waals surface area (Å²) in [7, 11) is 1.40. The molecule has 0 aliphatic carbocycles. The summed E-state index contributed by atoms with van der Waals surface area (Å²) in [6.07, 6.45) is 1.94. The quantitative estimate of drug-likeness (QED) is 0.430. The number of carbonyl (C=O) groups is 1. The first-order valence-corrected chi connectivity index (χ1v) is 11.0. The highest BCUT2D eigenvalue weighted by atomic mass is 19.3. The van der Waals surface area contributed by atoms with Crippen LogP contribution in [0.2, 0.25) is 0 Å². The minimum Gasteiger partial charge on any atom is -0.493 e. The highest BCUT2D eigenvalue weighted by Crippen LogP contribution is 2.37. The first-order chi connectivity index (χ1) is 15.8. The number of methoxy groups -OCH3 is 1.